The van der Waals surface area contributed by atoms with Gasteiger partial charge in [-0.2, -0.15) is 0 Å². The number of hydrogen-bond donors (Lipinski definition) is 1. The van der Waals surface area contributed by atoms with Crippen molar-refractivity contribution in [2.75, 3.05) is 5.73 Å². The van der Waals surface area contributed by atoms with E-state index in [0.717, 1.165) is 23.5 Å². The van der Waals surface area contributed by atoms with Gasteiger partial charge in [0.25, 0.3) is 0 Å². The van der Waals surface area contributed by atoms with E-state index in [1.807, 2.05) is 42.5 Å². The number of para-hydroxylation sites is 1. The topological polar surface area (TPSA) is 40.2 Å². The fraction of sp³-hybridized carbons (Fsp3) is 0.0909. The second-order valence-electron chi connectivity index (χ2n) is 6.14. The maximum atomic E-state index is 6.07. The van der Waals surface area contributed by atoms with Gasteiger partial charge in [0.05, 0.1) is 0 Å². The molecule has 4 aromatic rings. The first kappa shape index (κ1) is 15.3. The Morgan fingerprint density at radius 2 is 1.64 bits per heavy atom. The normalized spacial score (nSPS) is 10.9. The molecule has 0 aliphatic carbocycles. The molecule has 1 heterocycles. The number of nitrogen functional groups attached to an aromatic ring is 1. The molecule has 0 bridgehead atoms. The van der Waals surface area contributed by atoms with Crippen LogP contribution < -0.4 is 10.5 Å². The molecule has 2 N–H and O–H groups in total. The number of nitrogens with two attached hydrogens (primary N) is 1. The lowest BCUT2D eigenvalue weighted by molar-refractivity contribution is 0.306. The minimum absolute atomic E-state index is 0.577. The molecule has 0 unspecified atom stereocenters. The van der Waals surface area contributed by atoms with Crippen LogP contribution in [0, 0.1) is 0 Å². The Kier molecular flexibility index (Phi) is 4.13. The van der Waals surface area contributed by atoms with Crippen LogP contribution in [0.2, 0.25) is 0 Å². The average Bonchev–Trinajstić information content (AvgIpc) is 3.05. The van der Waals surface area contributed by atoms with Crippen molar-refractivity contribution in [2.45, 2.75) is 13.2 Å². The van der Waals surface area contributed by atoms with E-state index < -0.39 is 0 Å². The van der Waals surface area contributed by atoms with Crippen LogP contribution in [-0.4, -0.2) is 4.57 Å². The highest BCUT2D eigenvalue weighted by molar-refractivity contribution is 5.81. The van der Waals surface area contributed by atoms with Crippen LogP contribution in [0.5, 0.6) is 5.75 Å². The van der Waals surface area contributed by atoms with E-state index in [-0.39, 0.29) is 0 Å². The van der Waals surface area contributed by atoms with Crippen LogP contribution in [0.1, 0.15) is 11.1 Å². The lowest BCUT2D eigenvalue weighted by Gasteiger charge is -2.10. The minimum Gasteiger partial charge on any atom is -0.489 e. The van der Waals surface area contributed by atoms with Gasteiger partial charge in [-0.25, -0.2) is 0 Å². The maximum Gasteiger partial charge on any atom is 0.120 e. The molecule has 0 spiro atoms. The molecule has 3 heteroatoms. The summed E-state index contributed by atoms with van der Waals surface area (Å²) >= 11 is 0. The Hall–Kier alpha value is -3.20. The fourth-order valence-electron chi connectivity index (χ4n) is 3.01. The standard InChI is InChI=1S/C22H20N2O/c23-21-9-5-4-8-19(21)15-24-13-12-18-14-20(10-11-22(18)24)25-16-17-6-2-1-3-7-17/h1-14H,15-16,23H2. The molecular formula is C22H20N2O. The average molecular weight is 328 g/mol. The van der Waals surface area contributed by atoms with Crippen molar-refractivity contribution in [3.05, 3.63) is 96.2 Å². The van der Waals surface area contributed by atoms with E-state index in [1.54, 1.807) is 0 Å². The number of rotatable bonds is 5. The lowest BCUT2D eigenvalue weighted by Crippen LogP contribution is -2.01. The van der Waals surface area contributed by atoms with Gasteiger partial charge in [0.15, 0.2) is 0 Å². The van der Waals surface area contributed by atoms with E-state index in [1.165, 1.54) is 16.5 Å². The van der Waals surface area contributed by atoms with Crippen LogP contribution in [0.4, 0.5) is 5.69 Å². The molecule has 0 amide bonds. The minimum atomic E-state index is 0.577. The predicted octanol–water partition coefficient (Wildman–Crippen LogP) is 4.85. The number of ether oxygens (including phenoxy) is 1. The van der Waals surface area contributed by atoms with Crippen molar-refractivity contribution in [2.24, 2.45) is 0 Å². The number of fused-ring (bicyclic) bond motifs is 1. The Labute approximate surface area is 147 Å². The molecule has 124 valence electrons. The van der Waals surface area contributed by atoms with Gasteiger partial charge in [-0.1, -0.05) is 48.5 Å². The lowest BCUT2D eigenvalue weighted by atomic mass is 10.2. The van der Waals surface area contributed by atoms with Gasteiger partial charge in [-0.3, -0.25) is 0 Å². The molecule has 4 rings (SSSR count). The maximum absolute atomic E-state index is 6.07. The largest absolute Gasteiger partial charge is 0.489 e. The van der Waals surface area contributed by atoms with Crippen molar-refractivity contribution in [3.63, 3.8) is 0 Å². The number of hydrogen-bond acceptors (Lipinski definition) is 2. The third kappa shape index (κ3) is 3.36. The first-order valence-electron chi connectivity index (χ1n) is 8.38. The van der Waals surface area contributed by atoms with Gasteiger partial charge in [-0.05, 0) is 41.5 Å². The summed E-state index contributed by atoms with van der Waals surface area (Å²) < 4.78 is 8.13. The highest BCUT2D eigenvalue weighted by atomic mass is 16.5. The fourth-order valence-corrected chi connectivity index (χ4v) is 3.01. The third-order valence-electron chi connectivity index (χ3n) is 4.39. The summed E-state index contributed by atoms with van der Waals surface area (Å²) in [5, 5.41) is 1.17. The second kappa shape index (κ2) is 6.73. The van der Waals surface area contributed by atoms with Gasteiger partial charge < -0.3 is 15.0 Å². The highest BCUT2D eigenvalue weighted by Crippen LogP contribution is 2.24. The van der Waals surface area contributed by atoms with E-state index in [2.05, 4.69) is 47.2 Å². The molecule has 3 aromatic carbocycles. The zero-order chi connectivity index (χ0) is 17.1. The monoisotopic (exact) mass is 328 g/mol. The van der Waals surface area contributed by atoms with Crippen LogP contribution in [0.15, 0.2) is 85.1 Å². The number of benzene rings is 3. The summed E-state index contributed by atoms with van der Waals surface area (Å²) in [5.74, 6) is 0.883. The Balaban J connectivity index is 1.54. The molecule has 0 atom stereocenters. The quantitative estimate of drug-likeness (QED) is 0.532. The molecular weight excluding hydrogens is 308 g/mol. The zero-order valence-electron chi connectivity index (χ0n) is 13.9. The molecule has 1 aromatic heterocycles. The summed E-state index contributed by atoms with van der Waals surface area (Å²) in [6.45, 7) is 1.34. The Bertz CT molecular complexity index is 989. The molecule has 0 saturated heterocycles. The van der Waals surface area contributed by atoms with Crippen molar-refractivity contribution in [3.8, 4) is 5.75 Å². The summed E-state index contributed by atoms with van der Waals surface area (Å²) in [6.07, 6.45) is 2.10. The molecule has 3 nitrogen and oxygen atoms in total. The second-order valence-corrected chi connectivity index (χ2v) is 6.14. The van der Waals surface area contributed by atoms with E-state index in [9.17, 15) is 0 Å². The molecule has 0 fully saturated rings. The van der Waals surface area contributed by atoms with Gasteiger partial charge in [0.2, 0.25) is 0 Å². The van der Waals surface area contributed by atoms with Crippen molar-refractivity contribution in [1.82, 2.24) is 4.57 Å². The smallest absolute Gasteiger partial charge is 0.120 e. The molecule has 0 saturated carbocycles. The predicted molar refractivity (Wildman–Crippen MR) is 103 cm³/mol. The zero-order valence-corrected chi connectivity index (χ0v) is 13.9. The summed E-state index contributed by atoms with van der Waals surface area (Å²) in [4.78, 5) is 0. The van der Waals surface area contributed by atoms with Crippen LogP contribution in [0.25, 0.3) is 10.9 Å². The molecule has 25 heavy (non-hydrogen) atoms. The van der Waals surface area contributed by atoms with E-state index in [4.69, 9.17) is 10.5 Å². The van der Waals surface area contributed by atoms with Gasteiger partial charge in [0, 0.05) is 29.3 Å². The summed E-state index contributed by atoms with van der Waals surface area (Å²) in [5.41, 5.74) is 10.4. The van der Waals surface area contributed by atoms with Crippen molar-refractivity contribution >= 4 is 16.6 Å². The van der Waals surface area contributed by atoms with Crippen LogP contribution in [0.3, 0.4) is 0 Å². The van der Waals surface area contributed by atoms with Gasteiger partial charge in [0.1, 0.15) is 12.4 Å². The van der Waals surface area contributed by atoms with Crippen LogP contribution >= 0.6 is 0 Å². The number of nitrogens with zero attached hydrogens (tertiary/aromatic N) is 1. The molecule has 0 aliphatic heterocycles. The number of aromatic nitrogens is 1. The van der Waals surface area contributed by atoms with Crippen molar-refractivity contribution < 1.29 is 4.74 Å². The van der Waals surface area contributed by atoms with Gasteiger partial charge >= 0.3 is 0 Å². The third-order valence-corrected chi connectivity index (χ3v) is 4.39. The van der Waals surface area contributed by atoms with Gasteiger partial charge in [-0.15, -0.1) is 0 Å². The first-order chi connectivity index (χ1) is 12.3. The summed E-state index contributed by atoms with van der Waals surface area (Å²) in [7, 11) is 0. The van der Waals surface area contributed by atoms with Crippen LogP contribution in [-0.2, 0) is 13.2 Å². The van der Waals surface area contributed by atoms with Crippen molar-refractivity contribution in [1.29, 1.82) is 0 Å². The molecule has 0 aliphatic rings. The van der Waals surface area contributed by atoms with E-state index >= 15 is 0 Å². The number of anilines is 1. The Morgan fingerprint density at radius 1 is 0.840 bits per heavy atom. The van der Waals surface area contributed by atoms with E-state index in [0.29, 0.717) is 6.61 Å². The first-order valence-corrected chi connectivity index (χ1v) is 8.38. The SMILES string of the molecule is Nc1ccccc1Cn1ccc2cc(OCc3ccccc3)ccc21. The Morgan fingerprint density at radius 3 is 2.48 bits per heavy atom. The molecule has 0 radical (unpaired) electrons. The highest BCUT2D eigenvalue weighted by Gasteiger charge is 2.05. The summed E-state index contributed by atoms with van der Waals surface area (Å²) in [6, 6.07) is 26.5.